The lowest BCUT2D eigenvalue weighted by atomic mass is 10.1. The summed E-state index contributed by atoms with van der Waals surface area (Å²) in [7, 11) is 0. The average Bonchev–Trinajstić information content (AvgIpc) is 3.62. The summed E-state index contributed by atoms with van der Waals surface area (Å²) >= 11 is 2.93. The molecular weight excluding hydrogens is 500 g/mol. The van der Waals surface area contributed by atoms with Crippen LogP contribution in [0.2, 0.25) is 0 Å². The largest absolute Gasteiger partial charge is 0.292 e. The van der Waals surface area contributed by atoms with Crippen molar-refractivity contribution >= 4 is 61.3 Å². The maximum Gasteiger partial charge on any atom is 0.263 e. The standard InChI is InChI=1S/C29H24N4O2S2/c1-17-8-7-9-18(2)25(17)33(19(3)34)29-30-22(15-37-29)14-21-12-13-32-26(21)31-27-24(28(32)35)23(16-36-27)20-10-5-4-6-11-20/h4-11,14-16H,12-13H2,1-3H3. The van der Waals surface area contributed by atoms with Gasteiger partial charge < -0.3 is 0 Å². The number of rotatable bonds is 4. The van der Waals surface area contributed by atoms with Crippen molar-refractivity contribution < 1.29 is 4.79 Å². The number of amides is 1. The molecule has 0 aliphatic carbocycles. The third kappa shape index (κ3) is 4.02. The Hall–Kier alpha value is -3.88. The van der Waals surface area contributed by atoms with Crippen molar-refractivity contribution in [1.29, 1.82) is 0 Å². The van der Waals surface area contributed by atoms with Crippen LogP contribution in [0.1, 0.15) is 36.0 Å². The van der Waals surface area contributed by atoms with Crippen LogP contribution in [0.15, 0.2) is 64.1 Å². The predicted octanol–water partition coefficient (Wildman–Crippen LogP) is 6.83. The Morgan fingerprint density at radius 1 is 1.00 bits per heavy atom. The lowest BCUT2D eigenvalue weighted by Gasteiger charge is -2.22. The first-order chi connectivity index (χ1) is 17.9. The van der Waals surface area contributed by atoms with Crippen LogP contribution < -0.4 is 10.5 Å². The first kappa shape index (κ1) is 23.5. The zero-order valence-electron chi connectivity index (χ0n) is 20.7. The van der Waals surface area contributed by atoms with Crippen molar-refractivity contribution in [1.82, 2.24) is 14.5 Å². The Morgan fingerprint density at radius 3 is 2.49 bits per heavy atom. The second-order valence-electron chi connectivity index (χ2n) is 9.16. The van der Waals surface area contributed by atoms with E-state index in [-0.39, 0.29) is 11.5 Å². The topological polar surface area (TPSA) is 68.1 Å². The van der Waals surface area contributed by atoms with Gasteiger partial charge in [0.2, 0.25) is 5.91 Å². The van der Waals surface area contributed by atoms with Crippen molar-refractivity contribution in [3.63, 3.8) is 0 Å². The van der Waals surface area contributed by atoms with Gasteiger partial charge in [0.1, 0.15) is 10.7 Å². The van der Waals surface area contributed by atoms with Gasteiger partial charge in [-0.3, -0.25) is 19.1 Å². The molecule has 1 aliphatic rings. The molecule has 1 aliphatic heterocycles. The minimum Gasteiger partial charge on any atom is -0.292 e. The first-order valence-electron chi connectivity index (χ1n) is 12.0. The molecule has 6 rings (SSSR count). The van der Waals surface area contributed by atoms with Gasteiger partial charge in [0.25, 0.3) is 5.56 Å². The monoisotopic (exact) mass is 524 g/mol. The third-order valence-corrected chi connectivity index (χ3v) is 8.39. The van der Waals surface area contributed by atoms with E-state index < -0.39 is 0 Å². The molecule has 0 spiro atoms. The molecule has 0 unspecified atom stereocenters. The third-order valence-electron chi connectivity index (χ3n) is 6.67. The fraction of sp³-hybridized carbons (Fsp3) is 0.172. The number of fused-ring (bicyclic) bond motifs is 2. The summed E-state index contributed by atoms with van der Waals surface area (Å²) in [5, 5.41) is 5.28. The van der Waals surface area contributed by atoms with Crippen molar-refractivity contribution in [2.24, 2.45) is 0 Å². The van der Waals surface area contributed by atoms with E-state index in [9.17, 15) is 9.59 Å². The smallest absolute Gasteiger partial charge is 0.263 e. The predicted molar refractivity (Wildman–Crippen MR) is 153 cm³/mol. The number of benzene rings is 2. The van der Waals surface area contributed by atoms with E-state index in [2.05, 4.69) is 0 Å². The number of allylic oxidation sites excluding steroid dienone is 1. The lowest BCUT2D eigenvalue weighted by Crippen LogP contribution is -2.24. The molecule has 2 aromatic carbocycles. The lowest BCUT2D eigenvalue weighted by molar-refractivity contribution is -0.115. The number of anilines is 2. The highest BCUT2D eigenvalue weighted by Crippen LogP contribution is 2.36. The van der Waals surface area contributed by atoms with E-state index >= 15 is 0 Å². The highest BCUT2D eigenvalue weighted by atomic mass is 32.1. The summed E-state index contributed by atoms with van der Waals surface area (Å²) in [6, 6.07) is 16.0. The van der Waals surface area contributed by atoms with Gasteiger partial charge in [0.05, 0.1) is 16.8 Å². The summed E-state index contributed by atoms with van der Waals surface area (Å²) in [5.74, 6) is 0.617. The summed E-state index contributed by atoms with van der Waals surface area (Å²) in [5.41, 5.74) is 6.61. The fourth-order valence-corrected chi connectivity index (χ4v) is 6.73. The Kier molecular flexibility index (Phi) is 5.85. The van der Waals surface area contributed by atoms with Crippen LogP contribution in [-0.2, 0) is 11.3 Å². The van der Waals surface area contributed by atoms with Crippen LogP contribution in [0, 0.1) is 13.8 Å². The molecule has 6 nitrogen and oxygen atoms in total. The molecule has 0 saturated heterocycles. The molecule has 0 radical (unpaired) electrons. The number of thiazole rings is 1. The van der Waals surface area contributed by atoms with Crippen LogP contribution in [0.3, 0.4) is 0 Å². The quantitative estimate of drug-likeness (QED) is 0.258. The highest BCUT2D eigenvalue weighted by molar-refractivity contribution is 7.17. The van der Waals surface area contributed by atoms with Crippen LogP contribution in [0.5, 0.6) is 0 Å². The minimum atomic E-state index is -0.0836. The fourth-order valence-electron chi connectivity index (χ4n) is 4.96. The number of thiophene rings is 1. The van der Waals surface area contributed by atoms with Crippen LogP contribution in [-0.4, -0.2) is 20.4 Å². The van der Waals surface area contributed by atoms with Gasteiger partial charge in [0, 0.05) is 29.8 Å². The van der Waals surface area contributed by atoms with Gasteiger partial charge in [-0.1, -0.05) is 48.5 Å². The second-order valence-corrected chi connectivity index (χ2v) is 10.9. The van der Waals surface area contributed by atoms with Crippen molar-refractivity contribution in [3.05, 3.63) is 92.3 Å². The van der Waals surface area contributed by atoms with Gasteiger partial charge in [-0.15, -0.1) is 22.7 Å². The number of hydrogen-bond acceptors (Lipinski definition) is 6. The van der Waals surface area contributed by atoms with Gasteiger partial charge in [0.15, 0.2) is 5.13 Å². The molecule has 37 heavy (non-hydrogen) atoms. The molecule has 0 atom stereocenters. The Labute approximate surface area is 222 Å². The van der Waals surface area contributed by atoms with E-state index in [1.807, 2.05) is 79.2 Å². The SMILES string of the molecule is CC(=O)N(c1nc(C=C2CCn3c2nc2scc(-c4ccccc4)c2c3=O)cs1)c1c(C)cccc1C. The van der Waals surface area contributed by atoms with E-state index in [4.69, 9.17) is 9.97 Å². The maximum absolute atomic E-state index is 13.5. The maximum atomic E-state index is 13.5. The zero-order chi connectivity index (χ0) is 25.7. The van der Waals surface area contributed by atoms with E-state index in [0.29, 0.717) is 29.3 Å². The molecule has 0 N–H and O–H groups in total. The molecule has 184 valence electrons. The molecule has 5 aromatic rings. The van der Waals surface area contributed by atoms with Crippen molar-refractivity contribution in [2.75, 3.05) is 4.90 Å². The molecule has 0 fully saturated rings. The van der Waals surface area contributed by atoms with Crippen LogP contribution in [0.4, 0.5) is 10.8 Å². The molecule has 0 saturated carbocycles. The van der Waals surface area contributed by atoms with Gasteiger partial charge in [-0.2, -0.15) is 0 Å². The van der Waals surface area contributed by atoms with Gasteiger partial charge in [-0.05, 0) is 48.6 Å². The number of aromatic nitrogens is 3. The van der Waals surface area contributed by atoms with Gasteiger partial charge >= 0.3 is 0 Å². The van der Waals surface area contributed by atoms with E-state index in [1.165, 1.54) is 22.7 Å². The summed E-state index contributed by atoms with van der Waals surface area (Å²) in [4.78, 5) is 38.3. The van der Waals surface area contributed by atoms with E-state index in [1.54, 1.807) is 16.4 Å². The first-order valence-corrected chi connectivity index (χ1v) is 13.8. The van der Waals surface area contributed by atoms with Crippen molar-refractivity contribution in [3.8, 4) is 11.1 Å². The normalized spacial score (nSPS) is 13.9. The van der Waals surface area contributed by atoms with E-state index in [0.717, 1.165) is 44.0 Å². The molecule has 0 bridgehead atoms. The summed E-state index contributed by atoms with van der Waals surface area (Å²) in [6.45, 7) is 6.15. The molecular formula is C29H24N4O2S2. The van der Waals surface area contributed by atoms with Crippen LogP contribution >= 0.6 is 22.7 Å². The van der Waals surface area contributed by atoms with Gasteiger partial charge in [-0.25, -0.2) is 9.97 Å². The number of para-hydroxylation sites is 1. The second kappa shape index (κ2) is 9.21. The molecule has 1 amide bonds. The molecule has 3 aromatic heterocycles. The zero-order valence-corrected chi connectivity index (χ0v) is 22.3. The Morgan fingerprint density at radius 2 is 1.76 bits per heavy atom. The minimum absolute atomic E-state index is 0.000234. The number of carbonyl (C=O) groups is 1. The number of hydrogen-bond donors (Lipinski definition) is 0. The molecule has 4 heterocycles. The average molecular weight is 525 g/mol. The number of aryl methyl sites for hydroxylation is 2. The summed E-state index contributed by atoms with van der Waals surface area (Å²) < 4.78 is 1.78. The van der Waals surface area contributed by atoms with Crippen molar-refractivity contribution in [2.45, 2.75) is 33.7 Å². The summed E-state index contributed by atoms with van der Waals surface area (Å²) in [6.07, 6.45) is 2.70. The number of carbonyl (C=O) groups excluding carboxylic acids is 1. The van der Waals surface area contributed by atoms with Crippen LogP contribution in [0.25, 0.3) is 33.0 Å². The Bertz CT molecular complexity index is 1740. The Balaban J connectivity index is 1.39. The number of nitrogens with zero attached hydrogens (tertiary/aromatic N) is 4. The highest BCUT2D eigenvalue weighted by Gasteiger charge is 2.25. The molecule has 8 heteroatoms.